The smallest absolute Gasteiger partial charge is 0.232 e. The van der Waals surface area contributed by atoms with Crippen molar-refractivity contribution in [3.63, 3.8) is 0 Å². The zero-order chi connectivity index (χ0) is 13.5. The minimum absolute atomic E-state index is 0.0273. The first kappa shape index (κ1) is 13.5. The number of hydrogen-bond acceptors (Lipinski definition) is 1. The van der Waals surface area contributed by atoms with Gasteiger partial charge in [-0.3, -0.25) is 4.79 Å². The summed E-state index contributed by atoms with van der Waals surface area (Å²) in [5.74, 6) is -0.565. The lowest BCUT2D eigenvalue weighted by molar-refractivity contribution is -0.117. The van der Waals surface area contributed by atoms with Gasteiger partial charge in [0.1, 0.15) is 5.82 Å². The molecule has 0 saturated heterocycles. The fraction of sp³-hybridized carbons (Fsp3) is 0.500. The van der Waals surface area contributed by atoms with E-state index < -0.39 is 0 Å². The number of hydrogen-bond donors (Lipinski definition) is 1. The van der Waals surface area contributed by atoms with E-state index in [1.165, 1.54) is 12.1 Å². The van der Waals surface area contributed by atoms with Crippen molar-refractivity contribution in [2.24, 2.45) is 5.41 Å². The molecular formula is C14H17BrFNO. The van der Waals surface area contributed by atoms with Crippen molar-refractivity contribution >= 4 is 27.5 Å². The molecule has 98 valence electrons. The second kappa shape index (κ2) is 4.65. The van der Waals surface area contributed by atoms with E-state index in [-0.39, 0.29) is 23.1 Å². The second-order valence-corrected chi connectivity index (χ2v) is 6.85. The quantitative estimate of drug-likeness (QED) is 0.858. The summed E-state index contributed by atoms with van der Waals surface area (Å²) in [5.41, 5.74) is 1.67. The van der Waals surface area contributed by atoms with Crippen molar-refractivity contribution in [2.45, 2.75) is 39.5 Å². The molecule has 0 radical (unpaired) electrons. The van der Waals surface area contributed by atoms with Crippen molar-refractivity contribution in [3.8, 4) is 0 Å². The van der Waals surface area contributed by atoms with Crippen molar-refractivity contribution in [1.82, 2.24) is 0 Å². The van der Waals surface area contributed by atoms with Gasteiger partial charge in [-0.15, -0.1) is 0 Å². The molecule has 2 nitrogen and oxygen atoms in total. The van der Waals surface area contributed by atoms with E-state index in [0.29, 0.717) is 4.47 Å². The predicted molar refractivity (Wildman–Crippen MR) is 74.2 cm³/mol. The summed E-state index contributed by atoms with van der Waals surface area (Å²) in [7, 11) is 0. The minimum atomic E-state index is -0.308. The Morgan fingerprint density at radius 1 is 1.39 bits per heavy atom. The number of benzene rings is 1. The van der Waals surface area contributed by atoms with Gasteiger partial charge in [-0.1, -0.05) is 20.8 Å². The Balaban J connectivity index is 2.27. The van der Waals surface area contributed by atoms with E-state index in [2.05, 4.69) is 42.0 Å². The molecule has 0 aromatic heterocycles. The van der Waals surface area contributed by atoms with Crippen molar-refractivity contribution < 1.29 is 9.18 Å². The molecule has 1 unspecified atom stereocenters. The van der Waals surface area contributed by atoms with Crippen molar-refractivity contribution in [3.05, 3.63) is 28.0 Å². The molecule has 0 aliphatic carbocycles. The summed E-state index contributed by atoms with van der Waals surface area (Å²) < 4.78 is 14.0. The highest BCUT2D eigenvalue weighted by atomic mass is 79.9. The standard InChI is InChI=1S/C14H17BrFNO/c1-14(2,3)5-4-9-10-6-8(16)7-11(15)12(10)17-13(9)18/h6-7,9H,4-5H2,1-3H3,(H,17,18). The predicted octanol–water partition coefficient (Wildman–Crippen LogP) is 4.45. The molecule has 1 aliphatic rings. The fourth-order valence-electron chi connectivity index (χ4n) is 2.22. The molecule has 0 saturated carbocycles. The molecule has 1 heterocycles. The molecule has 1 amide bonds. The summed E-state index contributed by atoms with van der Waals surface area (Å²) in [6.07, 6.45) is 1.68. The van der Waals surface area contributed by atoms with Gasteiger partial charge in [0.25, 0.3) is 0 Å². The Morgan fingerprint density at radius 3 is 2.67 bits per heavy atom. The molecule has 1 atom stereocenters. The van der Waals surface area contributed by atoms with E-state index in [4.69, 9.17) is 0 Å². The van der Waals surface area contributed by atoms with Gasteiger partial charge in [-0.25, -0.2) is 4.39 Å². The van der Waals surface area contributed by atoms with Crippen LogP contribution in [-0.2, 0) is 4.79 Å². The highest BCUT2D eigenvalue weighted by Gasteiger charge is 2.33. The van der Waals surface area contributed by atoms with Gasteiger partial charge in [0.05, 0.1) is 11.6 Å². The maximum atomic E-state index is 13.4. The van der Waals surface area contributed by atoms with Crippen LogP contribution in [0.3, 0.4) is 0 Å². The molecule has 0 bridgehead atoms. The average Bonchev–Trinajstić information content (AvgIpc) is 2.51. The molecule has 1 aliphatic heterocycles. The fourth-order valence-corrected chi connectivity index (χ4v) is 2.76. The third-order valence-corrected chi connectivity index (χ3v) is 3.83. The Hall–Kier alpha value is -0.900. The van der Waals surface area contributed by atoms with Crippen LogP contribution < -0.4 is 5.32 Å². The summed E-state index contributed by atoms with van der Waals surface area (Å²) >= 11 is 3.29. The van der Waals surface area contributed by atoms with Crippen LogP contribution in [0.15, 0.2) is 16.6 Å². The number of nitrogens with one attached hydrogen (secondary N) is 1. The molecule has 1 N–H and O–H groups in total. The normalized spacial score (nSPS) is 18.7. The molecule has 1 aromatic rings. The third-order valence-electron chi connectivity index (χ3n) is 3.21. The third kappa shape index (κ3) is 2.74. The zero-order valence-electron chi connectivity index (χ0n) is 10.8. The average molecular weight is 314 g/mol. The highest BCUT2D eigenvalue weighted by Crippen LogP contribution is 2.41. The lowest BCUT2D eigenvalue weighted by atomic mass is 9.85. The molecule has 2 rings (SSSR count). The van der Waals surface area contributed by atoms with Gasteiger partial charge < -0.3 is 5.32 Å². The lowest BCUT2D eigenvalue weighted by Crippen LogP contribution is -2.15. The number of fused-ring (bicyclic) bond motifs is 1. The molecule has 0 spiro atoms. The van der Waals surface area contributed by atoms with Crippen LogP contribution in [0.5, 0.6) is 0 Å². The summed E-state index contributed by atoms with van der Waals surface area (Å²) in [6, 6.07) is 2.84. The molecule has 18 heavy (non-hydrogen) atoms. The topological polar surface area (TPSA) is 29.1 Å². The Kier molecular flexibility index (Phi) is 3.49. The Bertz CT molecular complexity index is 493. The summed E-state index contributed by atoms with van der Waals surface area (Å²) in [4.78, 5) is 12.0. The maximum Gasteiger partial charge on any atom is 0.232 e. The van der Waals surface area contributed by atoms with Gasteiger partial charge in [-0.2, -0.15) is 0 Å². The molecular weight excluding hydrogens is 297 g/mol. The van der Waals surface area contributed by atoms with Crippen LogP contribution in [0.25, 0.3) is 0 Å². The van der Waals surface area contributed by atoms with Crippen molar-refractivity contribution in [1.29, 1.82) is 0 Å². The van der Waals surface area contributed by atoms with Crippen LogP contribution in [0.1, 0.15) is 45.1 Å². The van der Waals surface area contributed by atoms with E-state index in [1.807, 2.05) is 0 Å². The largest absolute Gasteiger partial charge is 0.324 e. The number of carbonyl (C=O) groups is 1. The zero-order valence-corrected chi connectivity index (χ0v) is 12.4. The van der Waals surface area contributed by atoms with Gasteiger partial charge in [0.2, 0.25) is 5.91 Å². The molecule has 1 aromatic carbocycles. The van der Waals surface area contributed by atoms with Crippen LogP contribution in [0.2, 0.25) is 0 Å². The van der Waals surface area contributed by atoms with E-state index >= 15 is 0 Å². The molecule has 0 fully saturated rings. The van der Waals surface area contributed by atoms with Crippen LogP contribution in [0.4, 0.5) is 10.1 Å². The second-order valence-electron chi connectivity index (χ2n) is 5.99. The lowest BCUT2D eigenvalue weighted by Gasteiger charge is -2.19. The summed E-state index contributed by atoms with van der Waals surface area (Å²) in [5, 5.41) is 2.83. The number of anilines is 1. The van der Waals surface area contributed by atoms with E-state index in [0.717, 1.165) is 24.1 Å². The van der Waals surface area contributed by atoms with Crippen molar-refractivity contribution in [2.75, 3.05) is 5.32 Å². The SMILES string of the molecule is CC(C)(C)CCC1C(=O)Nc2c(Br)cc(F)cc21. The first-order valence-electron chi connectivity index (χ1n) is 6.08. The summed E-state index contributed by atoms with van der Waals surface area (Å²) in [6.45, 7) is 6.42. The molecule has 4 heteroatoms. The van der Waals surface area contributed by atoms with Crippen LogP contribution in [-0.4, -0.2) is 5.91 Å². The van der Waals surface area contributed by atoms with Crippen LogP contribution in [0, 0.1) is 11.2 Å². The minimum Gasteiger partial charge on any atom is -0.324 e. The Morgan fingerprint density at radius 2 is 2.06 bits per heavy atom. The van der Waals surface area contributed by atoms with Gasteiger partial charge in [-0.05, 0) is 51.9 Å². The number of carbonyl (C=O) groups excluding carboxylic acids is 1. The number of amides is 1. The number of halogens is 2. The highest BCUT2D eigenvalue weighted by molar-refractivity contribution is 9.10. The number of rotatable bonds is 2. The van der Waals surface area contributed by atoms with Gasteiger partial charge in [0.15, 0.2) is 0 Å². The monoisotopic (exact) mass is 313 g/mol. The first-order valence-corrected chi connectivity index (χ1v) is 6.87. The van der Waals surface area contributed by atoms with Gasteiger partial charge in [0, 0.05) is 4.47 Å². The Labute approximate surface area is 115 Å². The van der Waals surface area contributed by atoms with E-state index in [9.17, 15) is 9.18 Å². The van der Waals surface area contributed by atoms with E-state index in [1.54, 1.807) is 0 Å². The first-order chi connectivity index (χ1) is 8.28. The van der Waals surface area contributed by atoms with Gasteiger partial charge >= 0.3 is 0 Å². The van der Waals surface area contributed by atoms with Crippen LogP contribution >= 0.6 is 15.9 Å². The maximum absolute atomic E-state index is 13.4.